The summed E-state index contributed by atoms with van der Waals surface area (Å²) in [6, 6.07) is 9.96. The molecule has 0 aliphatic carbocycles. The van der Waals surface area contributed by atoms with Gasteiger partial charge in [0.25, 0.3) is 0 Å². The third-order valence-corrected chi connectivity index (χ3v) is 2.84. The summed E-state index contributed by atoms with van der Waals surface area (Å²) in [5.41, 5.74) is 1.11. The molecule has 1 unspecified atom stereocenters. The minimum atomic E-state index is -0.614. The third kappa shape index (κ3) is 7.14. The quantitative estimate of drug-likeness (QED) is 0.521. The molecule has 96 valence electrons. The van der Waals surface area contributed by atoms with Gasteiger partial charge in [-0.2, -0.15) is 0 Å². The summed E-state index contributed by atoms with van der Waals surface area (Å²) in [7, 11) is 0. The molecule has 1 aromatic rings. The van der Waals surface area contributed by atoms with Crippen LogP contribution in [0.4, 0.5) is 0 Å². The van der Waals surface area contributed by atoms with E-state index in [1.807, 2.05) is 30.3 Å². The molecule has 0 aliphatic rings. The fourth-order valence-corrected chi connectivity index (χ4v) is 1.77. The Morgan fingerprint density at radius 1 is 1.06 bits per heavy atom. The van der Waals surface area contributed by atoms with Crippen molar-refractivity contribution in [2.24, 2.45) is 0 Å². The number of rotatable bonds is 9. The van der Waals surface area contributed by atoms with Crippen LogP contribution in [-0.4, -0.2) is 11.4 Å². The van der Waals surface area contributed by atoms with Gasteiger partial charge < -0.3 is 9.84 Å². The van der Waals surface area contributed by atoms with Gasteiger partial charge >= 0.3 is 0 Å². The van der Waals surface area contributed by atoms with E-state index in [1.165, 1.54) is 25.7 Å². The van der Waals surface area contributed by atoms with Gasteiger partial charge in [0.05, 0.1) is 6.61 Å². The predicted octanol–water partition coefficient (Wildman–Crippen LogP) is 3.88. The number of hydrogen-bond acceptors (Lipinski definition) is 2. The summed E-state index contributed by atoms with van der Waals surface area (Å²) in [5.74, 6) is 0. The van der Waals surface area contributed by atoms with Crippen molar-refractivity contribution in [3.8, 4) is 0 Å². The van der Waals surface area contributed by atoms with Gasteiger partial charge in [-0.15, -0.1) is 0 Å². The molecule has 1 aromatic carbocycles. The van der Waals surface area contributed by atoms with Crippen molar-refractivity contribution in [2.75, 3.05) is 0 Å². The molecule has 0 saturated heterocycles. The number of hydrogen-bond donors (Lipinski definition) is 1. The van der Waals surface area contributed by atoms with Crippen LogP contribution in [-0.2, 0) is 11.3 Å². The lowest BCUT2D eigenvalue weighted by molar-refractivity contribution is -0.112. The summed E-state index contributed by atoms with van der Waals surface area (Å²) in [6.45, 7) is 2.70. The molecule has 0 bridgehead atoms. The molecule has 0 amide bonds. The normalized spacial score (nSPS) is 12.6. The summed E-state index contributed by atoms with van der Waals surface area (Å²) in [5, 5.41) is 9.64. The molecule has 17 heavy (non-hydrogen) atoms. The Hall–Kier alpha value is -0.860. The van der Waals surface area contributed by atoms with E-state index in [-0.39, 0.29) is 0 Å². The van der Waals surface area contributed by atoms with E-state index < -0.39 is 6.29 Å². The highest BCUT2D eigenvalue weighted by atomic mass is 16.6. The first-order valence-corrected chi connectivity index (χ1v) is 6.66. The molecule has 2 heteroatoms. The zero-order valence-electron chi connectivity index (χ0n) is 10.8. The van der Waals surface area contributed by atoms with Crippen molar-refractivity contribution < 1.29 is 9.84 Å². The van der Waals surface area contributed by atoms with Gasteiger partial charge in [0.15, 0.2) is 6.29 Å². The molecule has 0 radical (unpaired) electrons. The van der Waals surface area contributed by atoms with Crippen LogP contribution in [0, 0.1) is 0 Å². The van der Waals surface area contributed by atoms with E-state index in [1.54, 1.807) is 0 Å². The molecule has 1 rings (SSSR count). The molecular weight excluding hydrogens is 212 g/mol. The number of aliphatic hydroxyl groups is 1. The van der Waals surface area contributed by atoms with Crippen LogP contribution in [0.2, 0.25) is 0 Å². The molecule has 1 atom stereocenters. The Morgan fingerprint density at radius 2 is 1.76 bits per heavy atom. The van der Waals surface area contributed by atoms with Crippen LogP contribution < -0.4 is 0 Å². The Balaban J connectivity index is 2.03. The van der Waals surface area contributed by atoms with Crippen molar-refractivity contribution in [3.63, 3.8) is 0 Å². The molecular formula is C15H24O2. The van der Waals surface area contributed by atoms with Crippen molar-refractivity contribution in [1.29, 1.82) is 0 Å². The van der Waals surface area contributed by atoms with Gasteiger partial charge in [-0.25, -0.2) is 0 Å². The second kappa shape index (κ2) is 9.20. The molecule has 1 N–H and O–H groups in total. The predicted molar refractivity (Wildman–Crippen MR) is 70.6 cm³/mol. The minimum absolute atomic E-state index is 0.497. The van der Waals surface area contributed by atoms with Crippen molar-refractivity contribution >= 4 is 0 Å². The van der Waals surface area contributed by atoms with Crippen molar-refractivity contribution in [1.82, 2.24) is 0 Å². The van der Waals surface area contributed by atoms with E-state index in [4.69, 9.17) is 4.74 Å². The average Bonchev–Trinajstić information content (AvgIpc) is 2.37. The Morgan fingerprint density at radius 3 is 2.47 bits per heavy atom. The first kappa shape index (κ1) is 14.2. The first-order valence-electron chi connectivity index (χ1n) is 6.66. The lowest BCUT2D eigenvalue weighted by Gasteiger charge is -2.11. The van der Waals surface area contributed by atoms with Gasteiger partial charge in [-0.05, 0) is 18.4 Å². The molecule has 2 nitrogen and oxygen atoms in total. The van der Waals surface area contributed by atoms with E-state index in [0.29, 0.717) is 6.61 Å². The van der Waals surface area contributed by atoms with E-state index in [2.05, 4.69) is 6.92 Å². The minimum Gasteiger partial charge on any atom is -0.368 e. The number of ether oxygens (including phenoxy) is 1. The standard InChI is InChI=1S/C15H24O2/c1-2-3-4-5-9-12-15(16)17-13-14-10-7-6-8-11-14/h6-8,10-11,15-16H,2-5,9,12-13H2,1H3. The third-order valence-electron chi connectivity index (χ3n) is 2.84. The van der Waals surface area contributed by atoms with Crippen LogP contribution in [0.1, 0.15) is 51.0 Å². The van der Waals surface area contributed by atoms with Gasteiger partial charge in [-0.1, -0.05) is 62.9 Å². The topological polar surface area (TPSA) is 29.5 Å². The Kier molecular flexibility index (Phi) is 7.69. The van der Waals surface area contributed by atoms with Crippen molar-refractivity contribution in [2.45, 2.75) is 58.3 Å². The van der Waals surface area contributed by atoms with Gasteiger partial charge in [0, 0.05) is 0 Å². The van der Waals surface area contributed by atoms with E-state index in [9.17, 15) is 5.11 Å². The average molecular weight is 236 g/mol. The zero-order valence-corrected chi connectivity index (χ0v) is 10.8. The van der Waals surface area contributed by atoms with Crippen LogP contribution in [0.15, 0.2) is 30.3 Å². The molecule has 0 fully saturated rings. The molecule has 0 aromatic heterocycles. The van der Waals surface area contributed by atoms with Gasteiger partial charge in [0.1, 0.15) is 0 Å². The fourth-order valence-electron chi connectivity index (χ4n) is 1.77. The maximum absolute atomic E-state index is 9.64. The lowest BCUT2D eigenvalue weighted by atomic mass is 10.1. The Bertz CT molecular complexity index is 272. The lowest BCUT2D eigenvalue weighted by Crippen LogP contribution is -2.11. The second-order valence-corrected chi connectivity index (χ2v) is 4.45. The van der Waals surface area contributed by atoms with Crippen LogP contribution in [0.5, 0.6) is 0 Å². The molecule has 0 aliphatic heterocycles. The maximum Gasteiger partial charge on any atom is 0.154 e. The van der Waals surface area contributed by atoms with E-state index >= 15 is 0 Å². The summed E-state index contributed by atoms with van der Waals surface area (Å²) < 4.78 is 5.39. The van der Waals surface area contributed by atoms with Gasteiger partial charge in [0.2, 0.25) is 0 Å². The highest BCUT2D eigenvalue weighted by Gasteiger charge is 2.03. The number of unbranched alkanes of at least 4 members (excludes halogenated alkanes) is 4. The SMILES string of the molecule is CCCCCCCC(O)OCc1ccccc1. The maximum atomic E-state index is 9.64. The smallest absolute Gasteiger partial charge is 0.154 e. The molecule has 0 heterocycles. The summed E-state index contributed by atoms with van der Waals surface area (Å²) in [4.78, 5) is 0. The van der Waals surface area contributed by atoms with Crippen LogP contribution >= 0.6 is 0 Å². The highest BCUT2D eigenvalue weighted by Crippen LogP contribution is 2.09. The Labute approximate surface area is 105 Å². The first-order chi connectivity index (χ1) is 8.33. The summed E-state index contributed by atoms with van der Waals surface area (Å²) in [6.07, 6.45) is 6.19. The van der Waals surface area contributed by atoms with Gasteiger partial charge in [-0.3, -0.25) is 0 Å². The molecule has 0 saturated carbocycles. The largest absolute Gasteiger partial charge is 0.368 e. The number of benzene rings is 1. The zero-order chi connectivity index (χ0) is 12.3. The molecule has 0 spiro atoms. The number of aliphatic hydroxyl groups excluding tert-OH is 1. The fraction of sp³-hybridized carbons (Fsp3) is 0.600. The second-order valence-electron chi connectivity index (χ2n) is 4.45. The van der Waals surface area contributed by atoms with Crippen LogP contribution in [0.3, 0.4) is 0 Å². The van der Waals surface area contributed by atoms with Crippen LogP contribution in [0.25, 0.3) is 0 Å². The van der Waals surface area contributed by atoms with E-state index in [0.717, 1.165) is 18.4 Å². The highest BCUT2D eigenvalue weighted by molar-refractivity contribution is 5.13. The van der Waals surface area contributed by atoms with Crippen molar-refractivity contribution in [3.05, 3.63) is 35.9 Å². The monoisotopic (exact) mass is 236 g/mol. The summed E-state index contributed by atoms with van der Waals surface area (Å²) >= 11 is 0.